The molecule has 1 atom stereocenters. The Kier molecular flexibility index (Phi) is 4.09. The summed E-state index contributed by atoms with van der Waals surface area (Å²) in [4.78, 5) is 0. The molecule has 0 aromatic carbocycles. The van der Waals surface area contributed by atoms with Gasteiger partial charge in [-0.05, 0) is 26.2 Å². The molecule has 0 spiro atoms. The number of fused-ring (bicyclic) bond motifs is 1. The van der Waals surface area contributed by atoms with Crippen LogP contribution in [-0.4, -0.2) is 31.2 Å². The molecule has 5 heteroatoms. The molecular weight excluding hydrogens is 234 g/mol. The average molecular weight is 255 g/mol. The Hall–Kier alpha value is -0.550. The summed E-state index contributed by atoms with van der Waals surface area (Å²) < 4.78 is 2.23. The number of thioether (sulfide) groups is 1. The Morgan fingerprint density at radius 3 is 2.94 bits per heavy atom. The van der Waals surface area contributed by atoms with Gasteiger partial charge in [0.25, 0.3) is 0 Å². The molecule has 0 saturated heterocycles. The van der Waals surface area contributed by atoms with E-state index >= 15 is 0 Å². The smallest absolute Gasteiger partial charge is 0.191 e. The summed E-state index contributed by atoms with van der Waals surface area (Å²) in [6.45, 7) is 4.91. The maximum Gasteiger partial charge on any atom is 0.191 e. The first kappa shape index (κ1) is 12.9. The van der Waals surface area contributed by atoms with Crippen LogP contribution in [0.3, 0.4) is 0 Å². The van der Waals surface area contributed by atoms with Gasteiger partial charge in [0.1, 0.15) is 5.82 Å². The molecule has 0 radical (unpaired) electrons. The first-order chi connectivity index (χ1) is 8.12. The first-order valence-corrected chi connectivity index (χ1v) is 7.38. The number of aryl methyl sites for hydroxylation is 1. The Morgan fingerprint density at radius 1 is 1.35 bits per heavy atom. The van der Waals surface area contributed by atoms with E-state index in [1.807, 2.05) is 13.8 Å². The molecule has 1 unspecified atom stereocenters. The molecule has 0 bridgehead atoms. The van der Waals surface area contributed by atoms with E-state index in [2.05, 4.69) is 14.8 Å². The van der Waals surface area contributed by atoms with E-state index in [0.717, 1.165) is 30.4 Å². The maximum absolute atomic E-state index is 10.0. The van der Waals surface area contributed by atoms with Gasteiger partial charge < -0.3 is 9.67 Å². The molecule has 0 saturated carbocycles. The second-order valence-electron chi connectivity index (χ2n) is 5.00. The van der Waals surface area contributed by atoms with Crippen molar-refractivity contribution in [1.82, 2.24) is 14.8 Å². The van der Waals surface area contributed by atoms with Crippen LogP contribution in [-0.2, 0) is 13.0 Å². The van der Waals surface area contributed by atoms with E-state index in [4.69, 9.17) is 0 Å². The van der Waals surface area contributed by atoms with Gasteiger partial charge >= 0.3 is 0 Å². The number of nitrogens with zero attached hydrogens (tertiary/aromatic N) is 3. The lowest BCUT2D eigenvalue weighted by Crippen LogP contribution is -2.26. The third-order valence-corrected chi connectivity index (χ3v) is 4.68. The molecule has 1 aliphatic rings. The molecule has 1 N–H and O–H groups in total. The fourth-order valence-electron chi connectivity index (χ4n) is 1.89. The monoisotopic (exact) mass is 255 g/mol. The van der Waals surface area contributed by atoms with Gasteiger partial charge in [-0.15, -0.1) is 10.2 Å². The molecule has 1 aromatic rings. The Balaban J connectivity index is 2.04. The molecule has 17 heavy (non-hydrogen) atoms. The van der Waals surface area contributed by atoms with Crippen molar-refractivity contribution < 1.29 is 5.11 Å². The highest BCUT2D eigenvalue weighted by atomic mass is 32.2. The molecule has 1 aliphatic heterocycles. The Morgan fingerprint density at radius 2 is 2.18 bits per heavy atom. The first-order valence-electron chi connectivity index (χ1n) is 6.39. The van der Waals surface area contributed by atoms with Crippen molar-refractivity contribution in [2.45, 2.75) is 63.3 Å². The predicted molar refractivity (Wildman–Crippen MR) is 69.2 cm³/mol. The van der Waals surface area contributed by atoms with Crippen LogP contribution < -0.4 is 0 Å². The maximum atomic E-state index is 10.0. The van der Waals surface area contributed by atoms with Crippen LogP contribution in [0.2, 0.25) is 0 Å². The summed E-state index contributed by atoms with van der Waals surface area (Å²) in [6, 6.07) is 0. The van der Waals surface area contributed by atoms with Crippen LogP contribution in [0.4, 0.5) is 0 Å². The third kappa shape index (κ3) is 3.22. The van der Waals surface area contributed by atoms with Gasteiger partial charge in [0.05, 0.1) is 5.60 Å². The highest BCUT2D eigenvalue weighted by molar-refractivity contribution is 7.99. The van der Waals surface area contributed by atoms with Gasteiger partial charge in [-0.1, -0.05) is 25.1 Å². The van der Waals surface area contributed by atoms with E-state index in [1.54, 1.807) is 11.8 Å². The van der Waals surface area contributed by atoms with Crippen LogP contribution in [0.15, 0.2) is 5.16 Å². The lowest BCUT2D eigenvalue weighted by Gasteiger charge is -2.20. The molecule has 2 heterocycles. The number of aliphatic hydroxyl groups is 1. The summed E-state index contributed by atoms with van der Waals surface area (Å²) in [6.07, 6.45) is 5.51. The molecule has 96 valence electrons. The predicted octanol–water partition coefficient (Wildman–Crippen LogP) is 2.26. The zero-order valence-corrected chi connectivity index (χ0v) is 11.5. The highest BCUT2D eigenvalue weighted by Gasteiger charge is 2.21. The number of aromatic nitrogens is 3. The van der Waals surface area contributed by atoms with Gasteiger partial charge in [0.2, 0.25) is 0 Å². The number of hydrogen-bond donors (Lipinski definition) is 1. The van der Waals surface area contributed by atoms with E-state index in [1.165, 1.54) is 19.3 Å². The summed E-state index contributed by atoms with van der Waals surface area (Å²) in [5.41, 5.74) is -0.609. The van der Waals surface area contributed by atoms with Crippen molar-refractivity contribution in [3.63, 3.8) is 0 Å². The van der Waals surface area contributed by atoms with E-state index in [9.17, 15) is 5.11 Å². The molecule has 2 rings (SSSR count). The average Bonchev–Trinajstić information content (AvgIpc) is 2.55. The van der Waals surface area contributed by atoms with Gasteiger partial charge in [-0.2, -0.15) is 0 Å². The van der Waals surface area contributed by atoms with E-state index < -0.39 is 5.60 Å². The van der Waals surface area contributed by atoms with E-state index in [0.29, 0.717) is 5.75 Å². The SMILES string of the molecule is CCC(C)(O)CSc1nnc2n1CCCCC2. The van der Waals surface area contributed by atoms with Crippen LogP contribution in [0, 0.1) is 0 Å². The number of hydrogen-bond acceptors (Lipinski definition) is 4. The summed E-state index contributed by atoms with van der Waals surface area (Å²) in [5, 5.41) is 19.5. The molecule has 0 fully saturated rings. The van der Waals surface area contributed by atoms with Gasteiger partial charge in [0.15, 0.2) is 5.16 Å². The zero-order chi connectivity index (χ0) is 12.3. The van der Waals surface area contributed by atoms with Gasteiger partial charge in [-0.3, -0.25) is 0 Å². The van der Waals surface area contributed by atoms with Crippen molar-refractivity contribution >= 4 is 11.8 Å². The lowest BCUT2D eigenvalue weighted by atomic mass is 10.1. The summed E-state index contributed by atoms with van der Waals surface area (Å²) in [5.74, 6) is 1.79. The van der Waals surface area contributed by atoms with E-state index in [-0.39, 0.29) is 0 Å². The minimum Gasteiger partial charge on any atom is -0.389 e. The van der Waals surface area contributed by atoms with Crippen LogP contribution in [0.5, 0.6) is 0 Å². The fraction of sp³-hybridized carbons (Fsp3) is 0.833. The fourth-order valence-corrected chi connectivity index (χ4v) is 2.98. The molecule has 1 aromatic heterocycles. The largest absolute Gasteiger partial charge is 0.389 e. The minimum absolute atomic E-state index is 0.609. The van der Waals surface area contributed by atoms with Crippen molar-refractivity contribution in [3.05, 3.63) is 5.82 Å². The number of rotatable bonds is 4. The van der Waals surface area contributed by atoms with Crippen LogP contribution in [0.25, 0.3) is 0 Å². The zero-order valence-electron chi connectivity index (χ0n) is 10.6. The van der Waals surface area contributed by atoms with Gasteiger partial charge in [-0.25, -0.2) is 0 Å². The molecule has 4 nitrogen and oxygen atoms in total. The second-order valence-corrected chi connectivity index (χ2v) is 5.94. The topological polar surface area (TPSA) is 50.9 Å². The Bertz CT molecular complexity index is 376. The van der Waals surface area contributed by atoms with Crippen molar-refractivity contribution in [2.75, 3.05) is 5.75 Å². The van der Waals surface area contributed by atoms with Crippen molar-refractivity contribution in [1.29, 1.82) is 0 Å². The summed E-state index contributed by atoms with van der Waals surface area (Å²) >= 11 is 1.62. The van der Waals surface area contributed by atoms with Crippen LogP contribution in [0.1, 0.15) is 45.4 Å². The second kappa shape index (κ2) is 5.40. The normalized spacial score (nSPS) is 19.5. The van der Waals surface area contributed by atoms with Gasteiger partial charge in [0, 0.05) is 18.7 Å². The third-order valence-electron chi connectivity index (χ3n) is 3.35. The van der Waals surface area contributed by atoms with Crippen molar-refractivity contribution in [3.8, 4) is 0 Å². The van der Waals surface area contributed by atoms with Crippen molar-refractivity contribution in [2.24, 2.45) is 0 Å². The molecular formula is C12H21N3OS. The standard InChI is InChI=1S/C12H21N3OS/c1-3-12(2,16)9-17-11-14-13-10-7-5-4-6-8-15(10)11/h16H,3-9H2,1-2H3. The summed E-state index contributed by atoms with van der Waals surface area (Å²) in [7, 11) is 0. The highest BCUT2D eigenvalue weighted by Crippen LogP contribution is 2.25. The molecule has 0 amide bonds. The van der Waals surface area contributed by atoms with Crippen LogP contribution >= 0.6 is 11.8 Å². The minimum atomic E-state index is -0.609. The Labute approximate surface area is 107 Å². The lowest BCUT2D eigenvalue weighted by molar-refractivity contribution is 0.0815. The molecule has 0 aliphatic carbocycles. The quantitative estimate of drug-likeness (QED) is 0.838.